The molecule has 0 aliphatic heterocycles. The second-order valence-corrected chi connectivity index (χ2v) is 7.54. The molecule has 0 amide bonds. The van der Waals surface area contributed by atoms with E-state index in [1.54, 1.807) is 6.07 Å². The largest absolute Gasteiger partial charge is 0.316 e. The normalized spacial score (nSPS) is 26.0. The molecule has 1 N–H and O–H groups in total. The summed E-state index contributed by atoms with van der Waals surface area (Å²) in [5, 5.41) is 3.57. The van der Waals surface area contributed by atoms with Crippen molar-refractivity contribution >= 4 is 15.9 Å². The van der Waals surface area contributed by atoms with Crippen molar-refractivity contribution < 1.29 is 4.39 Å². The van der Waals surface area contributed by atoms with E-state index in [4.69, 9.17) is 0 Å². The van der Waals surface area contributed by atoms with Gasteiger partial charge >= 0.3 is 0 Å². The van der Waals surface area contributed by atoms with Gasteiger partial charge in [0, 0.05) is 4.47 Å². The molecule has 0 spiro atoms. The van der Waals surface area contributed by atoms with E-state index in [9.17, 15) is 4.39 Å². The zero-order chi connectivity index (χ0) is 15.2. The maximum Gasteiger partial charge on any atom is 0.124 e. The van der Waals surface area contributed by atoms with Gasteiger partial charge in [-0.3, -0.25) is 0 Å². The minimum atomic E-state index is -0.135. The molecule has 2 rings (SSSR count). The van der Waals surface area contributed by atoms with Gasteiger partial charge in [-0.1, -0.05) is 36.2 Å². The standard InChI is InChI=1S/C18H27BrFN/c1-3-6-21-12-15-5-4-13(2)7-16(15)8-14-9-17(19)11-18(20)10-14/h9-11,13,15-16,21H,3-8,12H2,1-2H3. The molecule has 0 radical (unpaired) electrons. The fourth-order valence-corrected chi connectivity index (χ4v) is 4.09. The molecule has 21 heavy (non-hydrogen) atoms. The average molecular weight is 356 g/mol. The van der Waals surface area contributed by atoms with Gasteiger partial charge in [0.15, 0.2) is 0 Å². The lowest BCUT2D eigenvalue weighted by molar-refractivity contribution is 0.184. The van der Waals surface area contributed by atoms with Gasteiger partial charge in [0.25, 0.3) is 0 Å². The van der Waals surface area contributed by atoms with E-state index in [1.165, 1.54) is 31.7 Å². The maximum absolute atomic E-state index is 13.6. The lowest BCUT2D eigenvalue weighted by atomic mass is 9.72. The summed E-state index contributed by atoms with van der Waals surface area (Å²) >= 11 is 3.40. The molecular formula is C18H27BrFN. The van der Waals surface area contributed by atoms with Crippen molar-refractivity contribution in [3.63, 3.8) is 0 Å². The van der Waals surface area contributed by atoms with E-state index >= 15 is 0 Å². The van der Waals surface area contributed by atoms with E-state index in [-0.39, 0.29) is 5.82 Å². The predicted molar refractivity (Wildman–Crippen MR) is 91.0 cm³/mol. The fraction of sp³-hybridized carbons (Fsp3) is 0.667. The molecule has 3 atom stereocenters. The lowest BCUT2D eigenvalue weighted by Gasteiger charge is -2.35. The molecule has 1 fully saturated rings. The maximum atomic E-state index is 13.6. The van der Waals surface area contributed by atoms with Gasteiger partial charge in [0.2, 0.25) is 0 Å². The molecular weight excluding hydrogens is 329 g/mol. The van der Waals surface area contributed by atoms with Crippen LogP contribution in [0.3, 0.4) is 0 Å². The first-order valence-corrected chi connectivity index (χ1v) is 9.03. The third-order valence-corrected chi connectivity index (χ3v) is 5.11. The Kier molecular flexibility index (Phi) is 6.69. The molecule has 0 heterocycles. The Balaban J connectivity index is 2.01. The van der Waals surface area contributed by atoms with E-state index in [2.05, 4.69) is 41.2 Å². The minimum Gasteiger partial charge on any atom is -0.316 e. The molecule has 1 aromatic carbocycles. The van der Waals surface area contributed by atoms with Crippen LogP contribution in [0.25, 0.3) is 0 Å². The molecule has 1 saturated carbocycles. The van der Waals surface area contributed by atoms with Gasteiger partial charge in [-0.05, 0) is 80.3 Å². The molecule has 1 aliphatic rings. The van der Waals surface area contributed by atoms with E-state index in [0.717, 1.165) is 41.4 Å². The zero-order valence-corrected chi connectivity index (χ0v) is 14.8. The van der Waals surface area contributed by atoms with Crippen LogP contribution in [0.2, 0.25) is 0 Å². The Morgan fingerprint density at radius 3 is 2.76 bits per heavy atom. The SMILES string of the molecule is CCCNCC1CCC(C)CC1Cc1cc(F)cc(Br)c1. The minimum absolute atomic E-state index is 0.135. The van der Waals surface area contributed by atoms with Crippen LogP contribution in [0.15, 0.2) is 22.7 Å². The smallest absolute Gasteiger partial charge is 0.124 e. The molecule has 1 aromatic rings. The molecule has 118 valence electrons. The fourth-order valence-electron chi connectivity index (χ4n) is 3.58. The number of hydrogen-bond acceptors (Lipinski definition) is 1. The van der Waals surface area contributed by atoms with Crippen LogP contribution in [0, 0.1) is 23.6 Å². The van der Waals surface area contributed by atoms with Crippen molar-refractivity contribution in [2.75, 3.05) is 13.1 Å². The highest BCUT2D eigenvalue weighted by atomic mass is 79.9. The predicted octanol–water partition coefficient (Wildman–Crippen LogP) is 5.18. The summed E-state index contributed by atoms with van der Waals surface area (Å²) in [6.07, 6.45) is 6.09. The first-order valence-electron chi connectivity index (χ1n) is 8.24. The number of hydrogen-bond donors (Lipinski definition) is 1. The third-order valence-electron chi connectivity index (χ3n) is 4.66. The summed E-state index contributed by atoms with van der Waals surface area (Å²) in [5.41, 5.74) is 1.13. The summed E-state index contributed by atoms with van der Waals surface area (Å²) < 4.78 is 14.4. The van der Waals surface area contributed by atoms with Crippen LogP contribution in [-0.2, 0) is 6.42 Å². The summed E-state index contributed by atoms with van der Waals surface area (Å²) in [5.74, 6) is 2.07. The first kappa shape index (κ1) is 17.0. The highest BCUT2D eigenvalue weighted by molar-refractivity contribution is 9.10. The van der Waals surface area contributed by atoms with Crippen LogP contribution in [0.4, 0.5) is 4.39 Å². The molecule has 1 aliphatic carbocycles. The van der Waals surface area contributed by atoms with Crippen molar-refractivity contribution in [3.8, 4) is 0 Å². The number of nitrogens with one attached hydrogen (secondary N) is 1. The van der Waals surface area contributed by atoms with Gasteiger partial charge < -0.3 is 5.32 Å². The van der Waals surface area contributed by atoms with Gasteiger partial charge in [0.05, 0.1) is 0 Å². The van der Waals surface area contributed by atoms with Crippen LogP contribution in [0.5, 0.6) is 0 Å². The average Bonchev–Trinajstić information content (AvgIpc) is 2.40. The Morgan fingerprint density at radius 2 is 2.05 bits per heavy atom. The van der Waals surface area contributed by atoms with Crippen LogP contribution < -0.4 is 5.32 Å². The lowest BCUT2D eigenvalue weighted by Crippen LogP contribution is -2.34. The van der Waals surface area contributed by atoms with Gasteiger partial charge in [-0.15, -0.1) is 0 Å². The third kappa shape index (κ3) is 5.37. The Labute approximate surface area is 136 Å². The van der Waals surface area contributed by atoms with Crippen molar-refractivity contribution in [2.24, 2.45) is 17.8 Å². The number of benzene rings is 1. The Hall–Kier alpha value is -0.410. The molecule has 0 aromatic heterocycles. The summed E-state index contributed by atoms with van der Waals surface area (Å²) in [4.78, 5) is 0. The molecule has 1 nitrogen and oxygen atoms in total. The molecule has 0 saturated heterocycles. The van der Waals surface area contributed by atoms with Crippen molar-refractivity contribution in [3.05, 3.63) is 34.1 Å². The van der Waals surface area contributed by atoms with Crippen molar-refractivity contribution in [2.45, 2.75) is 46.0 Å². The van der Waals surface area contributed by atoms with Crippen LogP contribution in [-0.4, -0.2) is 13.1 Å². The van der Waals surface area contributed by atoms with Crippen LogP contribution >= 0.6 is 15.9 Å². The summed E-state index contributed by atoms with van der Waals surface area (Å²) in [6, 6.07) is 5.30. The Bertz CT molecular complexity index is 429. The van der Waals surface area contributed by atoms with E-state index in [1.807, 2.05) is 0 Å². The molecule has 3 unspecified atom stereocenters. The summed E-state index contributed by atoms with van der Waals surface area (Å²) in [7, 11) is 0. The summed E-state index contributed by atoms with van der Waals surface area (Å²) in [6.45, 7) is 6.77. The highest BCUT2D eigenvalue weighted by Crippen LogP contribution is 2.36. The van der Waals surface area contributed by atoms with Crippen LogP contribution in [0.1, 0.15) is 45.1 Å². The van der Waals surface area contributed by atoms with Gasteiger partial charge in [-0.25, -0.2) is 4.39 Å². The van der Waals surface area contributed by atoms with Crippen molar-refractivity contribution in [1.29, 1.82) is 0 Å². The molecule has 0 bridgehead atoms. The quantitative estimate of drug-likeness (QED) is 0.693. The zero-order valence-electron chi connectivity index (χ0n) is 13.2. The first-order chi connectivity index (χ1) is 10.1. The topological polar surface area (TPSA) is 12.0 Å². The molecule has 3 heteroatoms. The second-order valence-electron chi connectivity index (χ2n) is 6.62. The number of halogens is 2. The van der Waals surface area contributed by atoms with E-state index in [0.29, 0.717) is 5.92 Å². The second kappa shape index (κ2) is 8.28. The Morgan fingerprint density at radius 1 is 1.24 bits per heavy atom. The monoisotopic (exact) mass is 355 g/mol. The highest BCUT2D eigenvalue weighted by Gasteiger charge is 2.28. The van der Waals surface area contributed by atoms with Gasteiger partial charge in [0.1, 0.15) is 5.82 Å². The van der Waals surface area contributed by atoms with Gasteiger partial charge in [-0.2, -0.15) is 0 Å². The number of rotatable bonds is 6. The van der Waals surface area contributed by atoms with E-state index < -0.39 is 0 Å². The van der Waals surface area contributed by atoms with Crippen molar-refractivity contribution in [1.82, 2.24) is 5.32 Å².